The minimum Gasteiger partial charge on any atom is -0.310 e. The fraction of sp³-hybridized carbons (Fsp3) is 0.333. The van der Waals surface area contributed by atoms with E-state index in [-0.39, 0.29) is 16.9 Å². The maximum atomic E-state index is 13.6. The average Bonchev–Trinajstić information content (AvgIpc) is 2.44. The molecule has 0 saturated heterocycles. The molecule has 1 N–H and O–H groups in total. The second-order valence-corrected chi connectivity index (χ2v) is 5.71. The third-order valence-corrected chi connectivity index (χ3v) is 4.22. The van der Waals surface area contributed by atoms with Crippen molar-refractivity contribution in [2.45, 2.75) is 33.2 Å². The standard InChI is InChI=1S/C18H21ClFN/c1-4-21-16(17-12(2)7-5-8-13(17)3)11-14-9-6-10-15(20)18(14)19/h5-10,16,21H,4,11H2,1-3H3. The Morgan fingerprint density at radius 3 is 2.33 bits per heavy atom. The van der Waals surface area contributed by atoms with Crippen molar-refractivity contribution in [1.82, 2.24) is 5.32 Å². The zero-order valence-electron chi connectivity index (χ0n) is 12.7. The van der Waals surface area contributed by atoms with E-state index in [0.717, 1.165) is 12.1 Å². The summed E-state index contributed by atoms with van der Waals surface area (Å²) in [6.45, 7) is 7.15. The second-order valence-electron chi connectivity index (χ2n) is 5.33. The van der Waals surface area contributed by atoms with Gasteiger partial charge in [0.25, 0.3) is 0 Å². The summed E-state index contributed by atoms with van der Waals surface area (Å²) >= 11 is 6.10. The number of hydrogen-bond acceptors (Lipinski definition) is 1. The number of rotatable bonds is 5. The number of likely N-dealkylation sites (N-methyl/N-ethyl adjacent to an activating group) is 1. The van der Waals surface area contributed by atoms with Crippen LogP contribution in [0.4, 0.5) is 4.39 Å². The van der Waals surface area contributed by atoms with Crippen LogP contribution in [0, 0.1) is 19.7 Å². The van der Waals surface area contributed by atoms with E-state index in [0.29, 0.717) is 6.42 Å². The van der Waals surface area contributed by atoms with Gasteiger partial charge in [-0.1, -0.05) is 48.9 Å². The minimum atomic E-state index is -0.356. The zero-order chi connectivity index (χ0) is 15.4. The van der Waals surface area contributed by atoms with Crippen molar-refractivity contribution in [3.8, 4) is 0 Å². The molecule has 0 spiro atoms. The fourth-order valence-corrected chi connectivity index (χ4v) is 3.03. The van der Waals surface area contributed by atoms with Crippen molar-refractivity contribution in [1.29, 1.82) is 0 Å². The van der Waals surface area contributed by atoms with Gasteiger partial charge in [-0.05, 0) is 55.1 Å². The molecule has 21 heavy (non-hydrogen) atoms. The van der Waals surface area contributed by atoms with E-state index in [1.165, 1.54) is 22.8 Å². The number of hydrogen-bond donors (Lipinski definition) is 1. The molecule has 0 aromatic heterocycles. The van der Waals surface area contributed by atoms with Gasteiger partial charge in [0.05, 0.1) is 5.02 Å². The first-order valence-corrected chi connectivity index (χ1v) is 7.64. The molecule has 1 nitrogen and oxygen atoms in total. The molecule has 0 aliphatic rings. The predicted octanol–water partition coefficient (Wildman–Crippen LogP) is 4.99. The number of benzene rings is 2. The number of aryl methyl sites for hydroxylation is 2. The Morgan fingerprint density at radius 2 is 1.71 bits per heavy atom. The Bertz CT molecular complexity index is 604. The first kappa shape index (κ1) is 16.0. The molecular formula is C18H21ClFN. The first-order chi connectivity index (χ1) is 10.0. The molecule has 0 amide bonds. The Morgan fingerprint density at radius 1 is 1.10 bits per heavy atom. The second kappa shape index (κ2) is 7.06. The van der Waals surface area contributed by atoms with Crippen LogP contribution in [0.3, 0.4) is 0 Å². The van der Waals surface area contributed by atoms with Crippen LogP contribution in [0.5, 0.6) is 0 Å². The molecule has 0 bridgehead atoms. The summed E-state index contributed by atoms with van der Waals surface area (Å²) in [5, 5.41) is 3.72. The molecule has 2 rings (SSSR count). The molecule has 0 radical (unpaired) electrons. The molecule has 2 aromatic carbocycles. The highest BCUT2D eigenvalue weighted by Gasteiger charge is 2.18. The molecule has 1 unspecified atom stereocenters. The van der Waals surface area contributed by atoms with Crippen molar-refractivity contribution in [3.63, 3.8) is 0 Å². The summed E-state index contributed by atoms with van der Waals surface area (Å²) in [6.07, 6.45) is 0.677. The van der Waals surface area contributed by atoms with Crippen LogP contribution in [0.25, 0.3) is 0 Å². The van der Waals surface area contributed by atoms with E-state index in [9.17, 15) is 4.39 Å². The van der Waals surface area contributed by atoms with E-state index in [2.05, 4.69) is 44.3 Å². The molecule has 1 atom stereocenters. The quantitative estimate of drug-likeness (QED) is 0.820. The first-order valence-electron chi connectivity index (χ1n) is 7.27. The molecular weight excluding hydrogens is 285 g/mol. The lowest BCUT2D eigenvalue weighted by molar-refractivity contribution is 0.542. The van der Waals surface area contributed by atoms with Crippen LogP contribution in [0.15, 0.2) is 36.4 Å². The van der Waals surface area contributed by atoms with Gasteiger partial charge in [-0.25, -0.2) is 4.39 Å². The Kier molecular flexibility index (Phi) is 5.38. The maximum Gasteiger partial charge on any atom is 0.142 e. The molecule has 2 aromatic rings. The van der Waals surface area contributed by atoms with Gasteiger partial charge in [0.2, 0.25) is 0 Å². The van der Waals surface area contributed by atoms with E-state index < -0.39 is 0 Å². The molecule has 112 valence electrons. The summed E-state index contributed by atoms with van der Waals surface area (Å²) in [6, 6.07) is 11.4. The van der Waals surface area contributed by atoms with E-state index in [1.54, 1.807) is 6.07 Å². The molecule has 0 heterocycles. The van der Waals surface area contributed by atoms with Gasteiger partial charge < -0.3 is 5.32 Å². The predicted molar refractivity (Wildman–Crippen MR) is 87.4 cm³/mol. The highest BCUT2D eigenvalue weighted by Crippen LogP contribution is 2.28. The molecule has 0 aliphatic carbocycles. The smallest absolute Gasteiger partial charge is 0.142 e. The van der Waals surface area contributed by atoms with Crippen LogP contribution < -0.4 is 5.32 Å². The van der Waals surface area contributed by atoms with Gasteiger partial charge in [-0.3, -0.25) is 0 Å². The fourth-order valence-electron chi connectivity index (χ4n) is 2.83. The summed E-state index contributed by atoms with van der Waals surface area (Å²) < 4.78 is 13.6. The van der Waals surface area contributed by atoms with Gasteiger partial charge in [-0.15, -0.1) is 0 Å². The summed E-state index contributed by atoms with van der Waals surface area (Å²) in [7, 11) is 0. The van der Waals surface area contributed by atoms with E-state index in [1.807, 2.05) is 6.07 Å². The molecule has 0 fully saturated rings. The Labute approximate surface area is 131 Å². The van der Waals surface area contributed by atoms with Gasteiger partial charge >= 0.3 is 0 Å². The monoisotopic (exact) mass is 305 g/mol. The Balaban J connectivity index is 2.38. The van der Waals surface area contributed by atoms with Crippen LogP contribution in [-0.4, -0.2) is 6.54 Å². The molecule has 0 saturated carbocycles. The van der Waals surface area contributed by atoms with Crippen molar-refractivity contribution < 1.29 is 4.39 Å². The zero-order valence-corrected chi connectivity index (χ0v) is 13.5. The highest BCUT2D eigenvalue weighted by molar-refractivity contribution is 6.31. The van der Waals surface area contributed by atoms with Crippen molar-refractivity contribution >= 4 is 11.6 Å². The van der Waals surface area contributed by atoms with Crippen molar-refractivity contribution in [2.24, 2.45) is 0 Å². The number of halogens is 2. The lowest BCUT2D eigenvalue weighted by Gasteiger charge is -2.23. The average molecular weight is 306 g/mol. The normalized spacial score (nSPS) is 12.4. The van der Waals surface area contributed by atoms with Gasteiger partial charge in [0.15, 0.2) is 0 Å². The van der Waals surface area contributed by atoms with Gasteiger partial charge in [-0.2, -0.15) is 0 Å². The van der Waals surface area contributed by atoms with E-state index in [4.69, 9.17) is 11.6 Å². The largest absolute Gasteiger partial charge is 0.310 e. The van der Waals surface area contributed by atoms with Crippen LogP contribution in [-0.2, 0) is 6.42 Å². The SMILES string of the molecule is CCNC(Cc1cccc(F)c1Cl)c1c(C)cccc1C. The van der Waals surface area contributed by atoms with Gasteiger partial charge in [0, 0.05) is 6.04 Å². The maximum absolute atomic E-state index is 13.6. The number of nitrogens with one attached hydrogen (secondary N) is 1. The van der Waals surface area contributed by atoms with Crippen molar-refractivity contribution in [3.05, 3.63) is 69.5 Å². The van der Waals surface area contributed by atoms with Gasteiger partial charge in [0.1, 0.15) is 5.82 Å². The summed E-state index contributed by atoms with van der Waals surface area (Å²) in [4.78, 5) is 0. The van der Waals surface area contributed by atoms with Crippen LogP contribution in [0.1, 0.15) is 35.2 Å². The molecule has 3 heteroatoms. The van der Waals surface area contributed by atoms with E-state index >= 15 is 0 Å². The lowest BCUT2D eigenvalue weighted by Crippen LogP contribution is -2.24. The molecule has 0 aliphatic heterocycles. The summed E-state index contributed by atoms with van der Waals surface area (Å²) in [5.41, 5.74) is 4.60. The lowest BCUT2D eigenvalue weighted by atomic mass is 9.91. The third kappa shape index (κ3) is 3.63. The minimum absolute atomic E-state index is 0.135. The van der Waals surface area contributed by atoms with Crippen molar-refractivity contribution in [2.75, 3.05) is 6.54 Å². The summed E-state index contributed by atoms with van der Waals surface area (Å²) in [5.74, 6) is -0.356. The van der Waals surface area contributed by atoms with Crippen LogP contribution >= 0.6 is 11.6 Å². The Hall–Kier alpha value is -1.38. The highest BCUT2D eigenvalue weighted by atomic mass is 35.5. The third-order valence-electron chi connectivity index (χ3n) is 3.80. The topological polar surface area (TPSA) is 12.0 Å². The van der Waals surface area contributed by atoms with Crippen LogP contribution in [0.2, 0.25) is 5.02 Å².